The molecule has 0 saturated carbocycles. The molecule has 4 heterocycles. The summed E-state index contributed by atoms with van der Waals surface area (Å²) in [5.74, 6) is 0.963. The number of H-pyrrole nitrogens is 1. The molecular weight excluding hydrogens is 493 g/mol. The number of carbonyl (C=O) groups is 1. The number of anilines is 1. The van der Waals surface area contributed by atoms with Crippen LogP contribution >= 0.6 is 23.2 Å². The number of aromatic amines is 1. The van der Waals surface area contributed by atoms with Gasteiger partial charge in [0.25, 0.3) is 0 Å². The van der Waals surface area contributed by atoms with Gasteiger partial charge < -0.3 is 14.4 Å². The molecule has 10 nitrogen and oxygen atoms in total. The summed E-state index contributed by atoms with van der Waals surface area (Å²) in [6, 6.07) is 8.81. The number of ether oxygens (including phenoxy) is 2. The first-order valence-electron chi connectivity index (χ1n) is 10.8. The molecular formula is C23H21Cl2N7O3. The zero-order valence-electron chi connectivity index (χ0n) is 18.4. The smallest absolute Gasteiger partial charge is 0.323 e. The molecule has 4 aromatic rings. The second kappa shape index (κ2) is 10.0. The van der Waals surface area contributed by atoms with E-state index >= 15 is 0 Å². The van der Waals surface area contributed by atoms with Gasteiger partial charge in [0.1, 0.15) is 17.3 Å². The van der Waals surface area contributed by atoms with Crippen LogP contribution in [0, 0.1) is 0 Å². The van der Waals surface area contributed by atoms with E-state index in [0.29, 0.717) is 59.2 Å². The van der Waals surface area contributed by atoms with E-state index in [4.69, 9.17) is 38.4 Å². The van der Waals surface area contributed by atoms with Crippen molar-refractivity contribution < 1.29 is 14.3 Å². The van der Waals surface area contributed by atoms with Crippen LogP contribution < -0.4 is 15.8 Å². The normalized spacial score (nSPS) is 14.7. The summed E-state index contributed by atoms with van der Waals surface area (Å²) in [5, 5.41) is 11.7. The van der Waals surface area contributed by atoms with Gasteiger partial charge in [0.2, 0.25) is 0 Å². The molecule has 35 heavy (non-hydrogen) atoms. The lowest BCUT2D eigenvalue weighted by Gasteiger charge is -2.26. The Hall–Kier alpha value is -3.44. The van der Waals surface area contributed by atoms with E-state index in [2.05, 4.69) is 25.5 Å². The molecule has 180 valence electrons. The second-order valence-electron chi connectivity index (χ2n) is 7.80. The largest absolute Gasteiger partial charge is 0.471 e. The van der Waals surface area contributed by atoms with Gasteiger partial charge in [-0.3, -0.25) is 21.1 Å². The number of amides is 2. The molecule has 1 aliphatic heterocycles. The van der Waals surface area contributed by atoms with Crippen LogP contribution in [0.4, 0.5) is 10.6 Å². The molecule has 1 saturated heterocycles. The Balaban J connectivity index is 1.34. The number of aromatic nitrogens is 4. The number of carbonyl (C=O) groups excluding carboxylic acids is 1. The lowest BCUT2D eigenvalue weighted by atomic mass is 10.1. The maximum Gasteiger partial charge on any atom is 0.323 e. The van der Waals surface area contributed by atoms with Crippen LogP contribution in [-0.4, -0.2) is 57.4 Å². The first-order chi connectivity index (χ1) is 17.0. The van der Waals surface area contributed by atoms with Gasteiger partial charge in [0.05, 0.1) is 28.8 Å². The van der Waals surface area contributed by atoms with Crippen molar-refractivity contribution >= 4 is 46.0 Å². The van der Waals surface area contributed by atoms with E-state index in [1.54, 1.807) is 23.2 Å². The van der Waals surface area contributed by atoms with Crippen molar-refractivity contribution in [3.05, 3.63) is 64.5 Å². The molecule has 2 amide bonds. The van der Waals surface area contributed by atoms with Gasteiger partial charge in [-0.25, -0.2) is 9.78 Å². The average molecular weight is 514 g/mol. The number of hydrogen-bond donors (Lipinski definition) is 3. The Bertz CT molecular complexity index is 1340. The third kappa shape index (κ3) is 5.01. The van der Waals surface area contributed by atoms with Gasteiger partial charge in [-0.05, 0) is 30.3 Å². The highest BCUT2D eigenvalue weighted by Crippen LogP contribution is 2.33. The van der Waals surface area contributed by atoms with Gasteiger partial charge >= 0.3 is 6.03 Å². The van der Waals surface area contributed by atoms with Gasteiger partial charge in [-0.2, -0.15) is 5.10 Å². The third-order valence-corrected chi connectivity index (χ3v) is 6.14. The predicted molar refractivity (Wildman–Crippen MR) is 133 cm³/mol. The maximum atomic E-state index is 12.4. The van der Waals surface area contributed by atoms with Crippen LogP contribution in [0.2, 0.25) is 10.0 Å². The summed E-state index contributed by atoms with van der Waals surface area (Å²) in [6.45, 7) is 2.17. The highest BCUT2D eigenvalue weighted by molar-refractivity contribution is 6.35. The van der Waals surface area contributed by atoms with E-state index in [1.807, 2.05) is 18.2 Å². The van der Waals surface area contributed by atoms with Crippen molar-refractivity contribution in [2.75, 3.05) is 31.6 Å². The van der Waals surface area contributed by atoms with Crippen molar-refractivity contribution in [1.82, 2.24) is 25.1 Å². The van der Waals surface area contributed by atoms with Crippen LogP contribution in [0.25, 0.3) is 22.2 Å². The van der Waals surface area contributed by atoms with Crippen LogP contribution in [0.5, 0.6) is 5.75 Å². The number of rotatable bonds is 5. The molecule has 0 radical (unpaired) electrons. The number of morpholine rings is 1. The van der Waals surface area contributed by atoms with Crippen LogP contribution in [0.3, 0.4) is 0 Å². The Kier molecular flexibility index (Phi) is 6.69. The van der Waals surface area contributed by atoms with E-state index < -0.39 is 6.23 Å². The molecule has 1 atom stereocenters. The number of benzene rings is 1. The molecule has 0 aliphatic carbocycles. The molecule has 1 aliphatic rings. The summed E-state index contributed by atoms with van der Waals surface area (Å²) in [4.78, 5) is 22.4. The number of nitrogens with two attached hydrogens (primary N) is 1. The van der Waals surface area contributed by atoms with Crippen molar-refractivity contribution in [1.29, 1.82) is 0 Å². The lowest BCUT2D eigenvalue weighted by Crippen LogP contribution is -2.43. The maximum absolute atomic E-state index is 12.4. The quantitative estimate of drug-likeness (QED) is 0.340. The fraction of sp³-hybridized carbons (Fsp3) is 0.217. The first-order valence-corrected chi connectivity index (χ1v) is 11.5. The fourth-order valence-corrected chi connectivity index (χ4v) is 4.33. The number of halogens is 2. The summed E-state index contributed by atoms with van der Waals surface area (Å²) in [5.41, 5.74) is 8.92. The van der Waals surface area contributed by atoms with Crippen molar-refractivity contribution in [2.45, 2.75) is 6.23 Å². The number of fused-ring (bicyclic) bond motifs is 1. The minimum atomic E-state index is -0.887. The third-order valence-electron chi connectivity index (χ3n) is 5.54. The SMILES string of the molecule is N[C@@H](Oc1ccc2[nH]nc(-c3ccc(NC(=O)N4CCOCC4)nc3)c2c1)c1c(Cl)cncc1Cl. The number of hydrogen-bond acceptors (Lipinski definition) is 7. The monoisotopic (exact) mass is 513 g/mol. The molecule has 0 spiro atoms. The standard InChI is InChI=1S/C23H21Cl2N7O3/c24-16-11-27-12-17(25)20(16)22(26)35-14-2-3-18-15(9-14)21(31-30-18)13-1-4-19(28-10-13)29-23(33)32-5-7-34-8-6-32/h1-4,9-12,22H,5-8,26H2,(H,30,31)(H,28,29,33)/t22-/m0/s1. The van der Waals surface area contributed by atoms with Gasteiger partial charge in [-0.1, -0.05) is 23.2 Å². The number of urea groups is 1. The lowest BCUT2D eigenvalue weighted by molar-refractivity contribution is 0.0564. The second-order valence-corrected chi connectivity index (χ2v) is 8.61. The van der Waals surface area contributed by atoms with E-state index in [1.165, 1.54) is 12.4 Å². The Labute approximate surface area is 210 Å². The number of nitrogens with zero attached hydrogens (tertiary/aromatic N) is 4. The highest BCUT2D eigenvalue weighted by atomic mass is 35.5. The molecule has 3 aromatic heterocycles. The number of nitrogens with one attached hydrogen (secondary N) is 2. The Morgan fingerprint density at radius 1 is 1.14 bits per heavy atom. The molecule has 5 rings (SSSR count). The summed E-state index contributed by atoms with van der Waals surface area (Å²) in [7, 11) is 0. The van der Waals surface area contributed by atoms with Crippen molar-refractivity contribution in [3.63, 3.8) is 0 Å². The van der Waals surface area contributed by atoms with Crippen LogP contribution in [-0.2, 0) is 4.74 Å². The van der Waals surface area contributed by atoms with Crippen molar-refractivity contribution in [2.24, 2.45) is 5.73 Å². The molecule has 0 bridgehead atoms. The highest BCUT2D eigenvalue weighted by Gasteiger charge is 2.19. The van der Waals surface area contributed by atoms with Gasteiger partial charge in [0, 0.05) is 48.2 Å². The minimum Gasteiger partial charge on any atom is -0.471 e. The zero-order valence-corrected chi connectivity index (χ0v) is 19.9. The molecule has 1 fully saturated rings. The minimum absolute atomic E-state index is 0.202. The van der Waals surface area contributed by atoms with Gasteiger partial charge in [0.15, 0.2) is 6.23 Å². The molecule has 0 unspecified atom stereocenters. The Morgan fingerprint density at radius 3 is 2.63 bits per heavy atom. The predicted octanol–water partition coefficient (Wildman–Crippen LogP) is 4.23. The fourth-order valence-electron chi connectivity index (χ4n) is 3.75. The molecule has 12 heteroatoms. The van der Waals surface area contributed by atoms with Crippen molar-refractivity contribution in [3.8, 4) is 17.0 Å². The molecule has 1 aromatic carbocycles. The van der Waals surface area contributed by atoms with E-state index in [0.717, 1.165) is 16.5 Å². The summed E-state index contributed by atoms with van der Waals surface area (Å²) >= 11 is 12.4. The van der Waals surface area contributed by atoms with E-state index in [-0.39, 0.29) is 6.03 Å². The number of pyridine rings is 2. The molecule has 4 N–H and O–H groups in total. The van der Waals surface area contributed by atoms with E-state index in [9.17, 15) is 4.79 Å². The van der Waals surface area contributed by atoms with Crippen LogP contribution in [0.1, 0.15) is 11.8 Å². The summed E-state index contributed by atoms with van der Waals surface area (Å²) < 4.78 is 11.2. The Morgan fingerprint density at radius 2 is 1.91 bits per heavy atom. The topological polar surface area (TPSA) is 131 Å². The summed E-state index contributed by atoms with van der Waals surface area (Å²) in [6.07, 6.45) is 3.69. The average Bonchev–Trinajstić information content (AvgIpc) is 3.28. The van der Waals surface area contributed by atoms with Gasteiger partial charge in [-0.15, -0.1) is 0 Å². The first kappa shape index (κ1) is 23.3. The van der Waals surface area contributed by atoms with Crippen LogP contribution in [0.15, 0.2) is 48.9 Å². The zero-order chi connectivity index (χ0) is 24.4.